The van der Waals surface area contributed by atoms with Gasteiger partial charge in [-0.15, -0.1) is 0 Å². The molecule has 0 fully saturated rings. The summed E-state index contributed by atoms with van der Waals surface area (Å²) in [6.45, 7) is -0.609. The molecule has 9 heteroatoms. The second-order valence-electron chi connectivity index (χ2n) is 2.47. The third kappa shape index (κ3) is 4.62. The van der Waals surface area contributed by atoms with Crippen molar-refractivity contribution < 1.29 is 23.1 Å². The van der Waals surface area contributed by atoms with Crippen LogP contribution in [0.2, 0.25) is 0 Å². The van der Waals surface area contributed by atoms with Crippen molar-refractivity contribution in [2.24, 2.45) is 0 Å². The number of carbonyl (C=O) groups excluding carboxylic acids is 1. The highest BCUT2D eigenvalue weighted by atomic mass is 32.2. The quantitative estimate of drug-likeness (QED) is 0.520. The fourth-order valence-corrected chi connectivity index (χ4v) is 0.970. The first-order valence-corrected chi connectivity index (χ1v) is 4.89. The fourth-order valence-electron chi connectivity index (χ4n) is 0.427. The Hall–Kier alpha value is -1.35. The van der Waals surface area contributed by atoms with Crippen molar-refractivity contribution >= 4 is 22.2 Å². The van der Waals surface area contributed by atoms with Crippen LogP contribution in [0, 0.1) is 0 Å². The normalized spacial score (nSPS) is 11.1. The number of amides is 2. The molecule has 3 N–H and O–H groups in total. The maximum Gasteiger partial charge on any atom is 0.405 e. The average molecular weight is 225 g/mol. The molecule has 0 aromatic carbocycles. The van der Waals surface area contributed by atoms with Crippen LogP contribution in [0.3, 0.4) is 0 Å². The fraction of sp³-hybridized carbons (Fsp3) is 0.600. The molecule has 14 heavy (non-hydrogen) atoms. The standard InChI is InChI=1S/C5H11N3O5S/c1-8(2)14(12,13)7-4(9)3-6-5(10)11/h6H,3H2,1-2H3,(H,7,9)(H,10,11). The van der Waals surface area contributed by atoms with Gasteiger partial charge < -0.3 is 10.4 Å². The molecule has 0 unspecified atom stereocenters. The Bertz CT molecular complexity index is 322. The summed E-state index contributed by atoms with van der Waals surface area (Å²) in [5.74, 6) is -0.943. The Kier molecular flexibility index (Phi) is 4.31. The molecule has 0 aliphatic carbocycles. The molecule has 8 nitrogen and oxygen atoms in total. The van der Waals surface area contributed by atoms with E-state index < -0.39 is 28.8 Å². The Morgan fingerprint density at radius 1 is 1.36 bits per heavy atom. The summed E-state index contributed by atoms with van der Waals surface area (Å²) in [7, 11) is -1.37. The molecule has 82 valence electrons. The van der Waals surface area contributed by atoms with Crippen LogP contribution < -0.4 is 10.0 Å². The van der Waals surface area contributed by atoms with Crippen molar-refractivity contribution in [2.75, 3.05) is 20.6 Å². The molecule has 0 saturated carbocycles. The van der Waals surface area contributed by atoms with Gasteiger partial charge in [0.25, 0.3) is 5.91 Å². The Labute approximate surface area is 81.1 Å². The molecule has 0 radical (unpaired) electrons. The van der Waals surface area contributed by atoms with Crippen LogP contribution in [0.4, 0.5) is 4.79 Å². The number of carboxylic acid groups (broad SMARTS) is 1. The minimum atomic E-state index is -3.84. The Balaban J connectivity index is 4.14. The molecule has 0 bridgehead atoms. The van der Waals surface area contributed by atoms with Crippen molar-refractivity contribution in [1.29, 1.82) is 0 Å². The van der Waals surface area contributed by atoms with E-state index in [0.717, 1.165) is 4.31 Å². The predicted octanol–water partition coefficient (Wildman–Crippen LogP) is -1.82. The van der Waals surface area contributed by atoms with E-state index in [9.17, 15) is 18.0 Å². The first-order chi connectivity index (χ1) is 6.25. The van der Waals surface area contributed by atoms with E-state index >= 15 is 0 Å². The number of hydrogen-bond donors (Lipinski definition) is 3. The molecular weight excluding hydrogens is 214 g/mol. The van der Waals surface area contributed by atoms with E-state index in [2.05, 4.69) is 0 Å². The summed E-state index contributed by atoms with van der Waals surface area (Å²) < 4.78 is 24.5. The second kappa shape index (κ2) is 4.77. The lowest BCUT2D eigenvalue weighted by atomic mass is 10.6. The third-order valence-electron chi connectivity index (χ3n) is 1.12. The van der Waals surface area contributed by atoms with Crippen LogP contribution in [0.15, 0.2) is 0 Å². The number of nitrogens with one attached hydrogen (secondary N) is 2. The molecular formula is C5H11N3O5S. The van der Waals surface area contributed by atoms with E-state index in [1.807, 2.05) is 0 Å². The number of carbonyl (C=O) groups is 2. The maximum absolute atomic E-state index is 11.0. The summed E-state index contributed by atoms with van der Waals surface area (Å²) in [4.78, 5) is 20.8. The van der Waals surface area contributed by atoms with Gasteiger partial charge in [0, 0.05) is 14.1 Å². The van der Waals surface area contributed by atoms with Gasteiger partial charge in [-0.3, -0.25) is 4.79 Å². The minimum absolute atomic E-state index is 0.609. The smallest absolute Gasteiger partial charge is 0.405 e. The van der Waals surface area contributed by atoms with E-state index in [-0.39, 0.29) is 0 Å². The topological polar surface area (TPSA) is 116 Å². The lowest BCUT2D eigenvalue weighted by Gasteiger charge is -2.11. The first kappa shape index (κ1) is 12.7. The highest BCUT2D eigenvalue weighted by Crippen LogP contribution is 1.86. The van der Waals surface area contributed by atoms with E-state index in [4.69, 9.17) is 5.11 Å². The largest absolute Gasteiger partial charge is 0.465 e. The van der Waals surface area contributed by atoms with Crippen LogP contribution >= 0.6 is 0 Å². The maximum atomic E-state index is 11.0. The number of hydrogen-bond acceptors (Lipinski definition) is 4. The minimum Gasteiger partial charge on any atom is -0.465 e. The van der Waals surface area contributed by atoms with Gasteiger partial charge in [-0.05, 0) is 0 Å². The third-order valence-corrected chi connectivity index (χ3v) is 2.57. The lowest BCUT2D eigenvalue weighted by molar-refractivity contribution is -0.118. The van der Waals surface area contributed by atoms with Crippen LogP contribution in [0.25, 0.3) is 0 Å². The van der Waals surface area contributed by atoms with E-state index in [1.54, 1.807) is 10.0 Å². The van der Waals surface area contributed by atoms with Gasteiger partial charge >= 0.3 is 16.3 Å². The number of rotatable bonds is 4. The van der Waals surface area contributed by atoms with Crippen LogP contribution in [0.1, 0.15) is 0 Å². The lowest BCUT2D eigenvalue weighted by Crippen LogP contribution is -2.44. The molecule has 0 spiro atoms. The molecule has 2 amide bonds. The van der Waals surface area contributed by atoms with Gasteiger partial charge in [-0.25, -0.2) is 9.52 Å². The summed E-state index contributed by atoms with van der Waals surface area (Å²) >= 11 is 0. The Morgan fingerprint density at radius 3 is 2.21 bits per heavy atom. The summed E-state index contributed by atoms with van der Waals surface area (Å²) in [6.07, 6.45) is -1.40. The van der Waals surface area contributed by atoms with Crippen LogP contribution in [0.5, 0.6) is 0 Å². The van der Waals surface area contributed by atoms with Gasteiger partial charge in [-0.1, -0.05) is 0 Å². The molecule has 0 aliphatic heterocycles. The monoisotopic (exact) mass is 225 g/mol. The summed E-state index contributed by atoms with van der Waals surface area (Å²) in [6, 6.07) is 0. The van der Waals surface area contributed by atoms with Gasteiger partial charge in [-0.2, -0.15) is 12.7 Å². The van der Waals surface area contributed by atoms with Crippen LogP contribution in [-0.4, -0.2) is 50.5 Å². The van der Waals surface area contributed by atoms with Gasteiger partial charge in [0.2, 0.25) is 0 Å². The first-order valence-electron chi connectivity index (χ1n) is 3.45. The SMILES string of the molecule is CN(C)S(=O)(=O)NC(=O)CNC(=O)O. The molecule has 0 aromatic heterocycles. The number of nitrogens with zero attached hydrogens (tertiary/aromatic N) is 1. The van der Waals surface area contributed by atoms with E-state index in [1.165, 1.54) is 14.1 Å². The van der Waals surface area contributed by atoms with Gasteiger partial charge in [0.05, 0.1) is 0 Å². The molecule has 0 saturated heterocycles. The highest BCUT2D eigenvalue weighted by Gasteiger charge is 2.16. The van der Waals surface area contributed by atoms with Crippen molar-refractivity contribution in [1.82, 2.24) is 14.3 Å². The molecule has 0 atom stereocenters. The second-order valence-corrected chi connectivity index (χ2v) is 4.36. The average Bonchev–Trinajstić information content (AvgIpc) is 1.99. The van der Waals surface area contributed by atoms with Gasteiger partial charge in [0.1, 0.15) is 6.54 Å². The summed E-state index contributed by atoms with van der Waals surface area (Å²) in [5, 5.41) is 9.85. The summed E-state index contributed by atoms with van der Waals surface area (Å²) in [5.41, 5.74) is 0. The zero-order valence-electron chi connectivity index (χ0n) is 7.64. The van der Waals surface area contributed by atoms with Crippen LogP contribution in [-0.2, 0) is 15.0 Å². The highest BCUT2D eigenvalue weighted by molar-refractivity contribution is 7.87. The van der Waals surface area contributed by atoms with Crippen molar-refractivity contribution in [3.63, 3.8) is 0 Å². The molecule has 0 rings (SSSR count). The zero-order chi connectivity index (χ0) is 11.4. The molecule has 0 heterocycles. The van der Waals surface area contributed by atoms with E-state index in [0.29, 0.717) is 0 Å². The van der Waals surface area contributed by atoms with Crippen molar-refractivity contribution in [3.05, 3.63) is 0 Å². The molecule has 0 aliphatic rings. The van der Waals surface area contributed by atoms with Gasteiger partial charge in [0.15, 0.2) is 0 Å². The molecule has 0 aromatic rings. The van der Waals surface area contributed by atoms with Crippen molar-refractivity contribution in [3.8, 4) is 0 Å². The predicted molar refractivity (Wildman–Crippen MR) is 46.8 cm³/mol. The van der Waals surface area contributed by atoms with Crippen molar-refractivity contribution in [2.45, 2.75) is 0 Å². The Morgan fingerprint density at radius 2 is 1.86 bits per heavy atom. The zero-order valence-corrected chi connectivity index (χ0v) is 8.46.